The Morgan fingerprint density at radius 3 is 2.43 bits per heavy atom. The number of carbonyl (C=O) groups is 1. The standard InChI is InChI=1S/C13H21N5O3/c1-3-16-8-10(14)12(20)18(13(16)21)9-11(19)17-6-4-15(2)5-7-17/h8H,3-7,9,14H2,1-2H3. The number of hydrogen-bond acceptors (Lipinski definition) is 5. The second kappa shape index (κ2) is 6.13. The summed E-state index contributed by atoms with van der Waals surface area (Å²) < 4.78 is 2.24. The van der Waals surface area contributed by atoms with Crippen LogP contribution in [0, 0.1) is 0 Å². The zero-order valence-corrected chi connectivity index (χ0v) is 12.4. The highest BCUT2D eigenvalue weighted by atomic mass is 16.2. The maximum atomic E-state index is 12.2. The fourth-order valence-electron chi connectivity index (χ4n) is 2.33. The van der Waals surface area contributed by atoms with Crippen LogP contribution in [-0.4, -0.2) is 58.1 Å². The lowest BCUT2D eigenvalue weighted by atomic mass is 10.3. The molecule has 1 aliphatic rings. The Morgan fingerprint density at radius 2 is 1.86 bits per heavy atom. The van der Waals surface area contributed by atoms with Gasteiger partial charge in [-0.3, -0.25) is 14.2 Å². The Morgan fingerprint density at radius 1 is 1.24 bits per heavy atom. The van der Waals surface area contributed by atoms with Gasteiger partial charge < -0.3 is 15.5 Å². The second-order valence-corrected chi connectivity index (χ2v) is 5.23. The number of piperazine rings is 1. The number of rotatable bonds is 3. The molecular formula is C13H21N5O3. The fourth-order valence-corrected chi connectivity index (χ4v) is 2.33. The van der Waals surface area contributed by atoms with Crippen LogP contribution < -0.4 is 17.0 Å². The molecule has 1 amide bonds. The van der Waals surface area contributed by atoms with Crippen molar-refractivity contribution < 1.29 is 4.79 Å². The van der Waals surface area contributed by atoms with Gasteiger partial charge in [0.25, 0.3) is 5.56 Å². The predicted molar refractivity (Wildman–Crippen MR) is 79.1 cm³/mol. The predicted octanol–water partition coefficient (Wildman–Crippen LogP) is -1.61. The molecule has 0 radical (unpaired) electrons. The first kappa shape index (κ1) is 15.3. The van der Waals surface area contributed by atoms with Crippen molar-refractivity contribution >= 4 is 11.6 Å². The van der Waals surface area contributed by atoms with E-state index in [0.717, 1.165) is 17.7 Å². The van der Waals surface area contributed by atoms with Crippen molar-refractivity contribution in [2.45, 2.75) is 20.0 Å². The van der Waals surface area contributed by atoms with Gasteiger partial charge in [-0.1, -0.05) is 0 Å². The highest BCUT2D eigenvalue weighted by Gasteiger charge is 2.21. The first-order valence-corrected chi connectivity index (χ1v) is 7.00. The molecule has 2 heterocycles. The highest BCUT2D eigenvalue weighted by molar-refractivity contribution is 5.76. The minimum absolute atomic E-state index is 0.0253. The van der Waals surface area contributed by atoms with Crippen molar-refractivity contribution in [2.24, 2.45) is 0 Å². The molecule has 2 N–H and O–H groups in total. The normalized spacial score (nSPS) is 16.2. The van der Waals surface area contributed by atoms with Crippen LogP contribution in [-0.2, 0) is 17.9 Å². The summed E-state index contributed by atoms with van der Waals surface area (Å²) in [5.41, 5.74) is 4.48. The second-order valence-electron chi connectivity index (χ2n) is 5.23. The van der Waals surface area contributed by atoms with E-state index in [9.17, 15) is 14.4 Å². The van der Waals surface area contributed by atoms with E-state index in [1.807, 2.05) is 7.05 Å². The molecule has 0 aliphatic carbocycles. The van der Waals surface area contributed by atoms with Gasteiger partial charge in [0.05, 0.1) is 0 Å². The number of carbonyl (C=O) groups excluding carboxylic acids is 1. The number of nitrogens with zero attached hydrogens (tertiary/aromatic N) is 4. The molecule has 1 aromatic rings. The molecule has 1 saturated heterocycles. The van der Waals surface area contributed by atoms with E-state index >= 15 is 0 Å². The van der Waals surface area contributed by atoms with E-state index in [0.29, 0.717) is 19.6 Å². The van der Waals surface area contributed by atoms with E-state index in [2.05, 4.69) is 4.90 Å². The van der Waals surface area contributed by atoms with Crippen LogP contribution in [0.4, 0.5) is 5.69 Å². The quantitative estimate of drug-likeness (QED) is 0.724. The molecule has 8 heteroatoms. The van der Waals surface area contributed by atoms with Crippen molar-refractivity contribution in [1.82, 2.24) is 18.9 Å². The molecule has 8 nitrogen and oxygen atoms in total. The van der Waals surface area contributed by atoms with Gasteiger partial charge in [-0.2, -0.15) is 0 Å². The first-order valence-electron chi connectivity index (χ1n) is 7.00. The summed E-state index contributed by atoms with van der Waals surface area (Å²) in [5, 5.41) is 0. The lowest BCUT2D eigenvalue weighted by Crippen LogP contribution is -2.50. The fraction of sp³-hybridized carbons (Fsp3) is 0.615. The SMILES string of the molecule is CCn1cc(N)c(=O)n(CC(=O)N2CCN(C)CC2)c1=O. The van der Waals surface area contributed by atoms with Gasteiger partial charge in [-0.25, -0.2) is 9.36 Å². The molecule has 0 aromatic carbocycles. The summed E-state index contributed by atoms with van der Waals surface area (Å²) in [5.74, 6) is -0.226. The average molecular weight is 295 g/mol. The van der Waals surface area contributed by atoms with Crippen LogP contribution in [0.5, 0.6) is 0 Å². The lowest BCUT2D eigenvalue weighted by molar-refractivity contribution is -0.133. The molecule has 0 saturated carbocycles. The number of amides is 1. The number of nitrogen functional groups attached to an aromatic ring is 1. The molecule has 0 unspecified atom stereocenters. The number of aryl methyl sites for hydroxylation is 1. The summed E-state index contributed by atoms with van der Waals surface area (Å²) in [6.45, 7) is 4.70. The lowest BCUT2D eigenvalue weighted by Gasteiger charge is -2.32. The van der Waals surface area contributed by atoms with E-state index in [-0.39, 0.29) is 18.1 Å². The molecule has 0 spiro atoms. The molecule has 0 atom stereocenters. The van der Waals surface area contributed by atoms with Gasteiger partial charge >= 0.3 is 5.69 Å². The van der Waals surface area contributed by atoms with Crippen LogP contribution >= 0.6 is 0 Å². The Bertz CT molecular complexity index is 640. The molecule has 21 heavy (non-hydrogen) atoms. The van der Waals surface area contributed by atoms with E-state index in [1.165, 1.54) is 10.8 Å². The van der Waals surface area contributed by atoms with Gasteiger partial charge in [0.2, 0.25) is 5.91 Å². The average Bonchev–Trinajstić information content (AvgIpc) is 2.47. The van der Waals surface area contributed by atoms with Crippen LogP contribution in [0.3, 0.4) is 0 Å². The maximum absolute atomic E-state index is 12.2. The summed E-state index contributed by atoms with van der Waals surface area (Å²) in [6, 6.07) is 0. The molecule has 1 aliphatic heterocycles. The van der Waals surface area contributed by atoms with Crippen LogP contribution in [0.25, 0.3) is 0 Å². The van der Waals surface area contributed by atoms with Crippen molar-refractivity contribution in [2.75, 3.05) is 39.0 Å². The number of hydrogen-bond donors (Lipinski definition) is 1. The minimum Gasteiger partial charge on any atom is -0.393 e. The minimum atomic E-state index is -0.604. The number of anilines is 1. The Balaban J connectivity index is 2.23. The molecule has 116 valence electrons. The third-order valence-electron chi connectivity index (χ3n) is 3.75. The van der Waals surface area contributed by atoms with E-state index < -0.39 is 11.2 Å². The molecular weight excluding hydrogens is 274 g/mol. The third kappa shape index (κ3) is 3.15. The largest absolute Gasteiger partial charge is 0.393 e. The topological polar surface area (TPSA) is 93.6 Å². The Labute approximate surface area is 122 Å². The first-order chi connectivity index (χ1) is 9.93. The summed E-state index contributed by atoms with van der Waals surface area (Å²) in [4.78, 5) is 40.2. The summed E-state index contributed by atoms with van der Waals surface area (Å²) in [6.07, 6.45) is 1.32. The summed E-state index contributed by atoms with van der Waals surface area (Å²) >= 11 is 0. The van der Waals surface area contributed by atoms with Gasteiger partial charge in [-0.05, 0) is 14.0 Å². The summed E-state index contributed by atoms with van der Waals surface area (Å²) in [7, 11) is 1.99. The molecule has 1 aromatic heterocycles. The molecule has 1 fully saturated rings. The van der Waals surface area contributed by atoms with Crippen molar-refractivity contribution in [3.63, 3.8) is 0 Å². The van der Waals surface area contributed by atoms with Crippen molar-refractivity contribution in [3.8, 4) is 0 Å². The van der Waals surface area contributed by atoms with Gasteiger partial charge in [0.1, 0.15) is 12.2 Å². The van der Waals surface area contributed by atoms with Gasteiger partial charge in [0, 0.05) is 38.9 Å². The van der Waals surface area contributed by atoms with Gasteiger partial charge in [-0.15, -0.1) is 0 Å². The van der Waals surface area contributed by atoms with Crippen molar-refractivity contribution in [1.29, 1.82) is 0 Å². The van der Waals surface area contributed by atoms with Crippen LogP contribution in [0.2, 0.25) is 0 Å². The Hall–Kier alpha value is -2.09. The van der Waals surface area contributed by atoms with Gasteiger partial charge in [0.15, 0.2) is 0 Å². The molecule has 2 rings (SSSR count). The Kier molecular flexibility index (Phi) is 4.46. The van der Waals surface area contributed by atoms with Crippen LogP contribution in [0.1, 0.15) is 6.92 Å². The maximum Gasteiger partial charge on any atom is 0.331 e. The molecule has 0 bridgehead atoms. The monoisotopic (exact) mass is 295 g/mol. The number of aromatic nitrogens is 2. The van der Waals surface area contributed by atoms with E-state index in [4.69, 9.17) is 5.73 Å². The van der Waals surface area contributed by atoms with Crippen LogP contribution in [0.15, 0.2) is 15.8 Å². The van der Waals surface area contributed by atoms with E-state index in [1.54, 1.807) is 11.8 Å². The zero-order valence-electron chi connectivity index (χ0n) is 12.4. The number of nitrogens with two attached hydrogens (primary N) is 1. The third-order valence-corrected chi connectivity index (χ3v) is 3.75. The number of likely N-dealkylation sites (N-methyl/N-ethyl adjacent to an activating group) is 1. The zero-order chi connectivity index (χ0) is 15.6. The highest BCUT2D eigenvalue weighted by Crippen LogP contribution is 2.00. The smallest absolute Gasteiger partial charge is 0.331 e. The van der Waals surface area contributed by atoms with Crippen molar-refractivity contribution in [3.05, 3.63) is 27.0 Å².